The van der Waals surface area contributed by atoms with E-state index in [2.05, 4.69) is 35.9 Å². The average Bonchev–Trinajstić information content (AvgIpc) is 2.47. The summed E-state index contributed by atoms with van der Waals surface area (Å²) in [5.41, 5.74) is 7.04. The van der Waals surface area contributed by atoms with E-state index in [1.165, 1.54) is 19.7 Å². The van der Waals surface area contributed by atoms with Crippen LogP contribution in [0.1, 0.15) is 11.1 Å². The topological polar surface area (TPSA) is 82.6 Å². The predicted octanol–water partition coefficient (Wildman–Crippen LogP) is 3.03. The highest BCUT2D eigenvalue weighted by Crippen LogP contribution is 2.24. The van der Waals surface area contributed by atoms with Crippen molar-refractivity contribution < 1.29 is 9.57 Å². The zero-order valence-corrected chi connectivity index (χ0v) is 13.4. The number of ether oxygens (including phenoxy) is 1. The van der Waals surface area contributed by atoms with E-state index < -0.39 is 0 Å². The predicted molar refractivity (Wildman–Crippen MR) is 84.5 cm³/mol. The van der Waals surface area contributed by atoms with Gasteiger partial charge in [-0.2, -0.15) is 0 Å². The van der Waals surface area contributed by atoms with Crippen molar-refractivity contribution in [3.63, 3.8) is 0 Å². The standard InChI is InChI=1S/C13H12BrClN4O2/c1-20-19-5-10-12(16)17-7-18-13(10)21-6-8-4-9(14)2-3-11(8)15/h2-5,7H,6H2,1H3,(H2,16,17,18)/b19-5+. The molecule has 0 fully saturated rings. The number of benzene rings is 1. The van der Waals surface area contributed by atoms with Crippen LogP contribution < -0.4 is 10.5 Å². The van der Waals surface area contributed by atoms with Crippen molar-refractivity contribution in [2.45, 2.75) is 6.61 Å². The maximum atomic E-state index is 6.11. The first-order chi connectivity index (χ1) is 10.1. The Kier molecular flexibility index (Phi) is 5.35. The number of aromatic nitrogens is 2. The summed E-state index contributed by atoms with van der Waals surface area (Å²) < 4.78 is 6.56. The molecule has 0 unspecified atom stereocenters. The number of hydrogen-bond donors (Lipinski definition) is 1. The third-order valence-corrected chi connectivity index (χ3v) is 3.40. The Labute approximate surface area is 135 Å². The van der Waals surface area contributed by atoms with Crippen LogP contribution >= 0.6 is 27.5 Å². The lowest BCUT2D eigenvalue weighted by molar-refractivity contribution is 0.215. The van der Waals surface area contributed by atoms with E-state index in [0.29, 0.717) is 16.5 Å². The van der Waals surface area contributed by atoms with Gasteiger partial charge in [0.25, 0.3) is 0 Å². The van der Waals surface area contributed by atoms with E-state index in [4.69, 9.17) is 22.1 Å². The summed E-state index contributed by atoms with van der Waals surface area (Å²) in [4.78, 5) is 12.6. The van der Waals surface area contributed by atoms with Gasteiger partial charge in [-0.25, -0.2) is 9.97 Å². The van der Waals surface area contributed by atoms with E-state index in [1.807, 2.05) is 12.1 Å². The average molecular weight is 372 g/mol. The lowest BCUT2D eigenvalue weighted by atomic mass is 10.2. The van der Waals surface area contributed by atoms with Gasteiger partial charge in [-0.1, -0.05) is 32.7 Å². The highest BCUT2D eigenvalue weighted by Gasteiger charge is 2.10. The molecule has 8 heteroatoms. The van der Waals surface area contributed by atoms with Crippen LogP contribution in [-0.2, 0) is 11.4 Å². The smallest absolute Gasteiger partial charge is 0.228 e. The molecule has 0 aliphatic rings. The molecule has 0 aliphatic carbocycles. The third-order valence-electron chi connectivity index (χ3n) is 2.54. The summed E-state index contributed by atoms with van der Waals surface area (Å²) in [6.07, 6.45) is 2.71. The Hall–Kier alpha value is -1.86. The van der Waals surface area contributed by atoms with Gasteiger partial charge in [-0.3, -0.25) is 0 Å². The summed E-state index contributed by atoms with van der Waals surface area (Å²) in [7, 11) is 1.43. The van der Waals surface area contributed by atoms with Crippen LogP contribution in [0.5, 0.6) is 5.88 Å². The largest absolute Gasteiger partial charge is 0.472 e. The van der Waals surface area contributed by atoms with E-state index in [-0.39, 0.29) is 12.4 Å². The monoisotopic (exact) mass is 370 g/mol. The molecule has 0 atom stereocenters. The van der Waals surface area contributed by atoms with Crippen molar-refractivity contribution >= 4 is 39.6 Å². The molecule has 2 N–H and O–H groups in total. The van der Waals surface area contributed by atoms with Gasteiger partial charge >= 0.3 is 0 Å². The van der Waals surface area contributed by atoms with Gasteiger partial charge in [0, 0.05) is 15.1 Å². The molecule has 110 valence electrons. The quantitative estimate of drug-likeness (QED) is 0.645. The molecular formula is C13H12BrClN4O2. The van der Waals surface area contributed by atoms with Crippen molar-refractivity contribution in [2.75, 3.05) is 12.8 Å². The molecule has 0 amide bonds. The molecule has 0 spiro atoms. The minimum absolute atomic E-state index is 0.239. The maximum absolute atomic E-state index is 6.11. The Balaban J connectivity index is 2.22. The van der Waals surface area contributed by atoms with Crippen LogP contribution in [0.3, 0.4) is 0 Å². The van der Waals surface area contributed by atoms with Crippen LogP contribution in [0, 0.1) is 0 Å². The molecule has 0 radical (unpaired) electrons. The van der Waals surface area contributed by atoms with Crippen LogP contribution in [-0.4, -0.2) is 23.3 Å². The summed E-state index contributed by atoms with van der Waals surface area (Å²) in [6, 6.07) is 5.51. The Morgan fingerprint density at radius 2 is 2.24 bits per heavy atom. The second kappa shape index (κ2) is 7.24. The molecule has 0 aliphatic heterocycles. The maximum Gasteiger partial charge on any atom is 0.228 e. The number of halogens is 2. The Morgan fingerprint density at radius 3 is 3.00 bits per heavy atom. The molecule has 1 heterocycles. The number of hydrogen-bond acceptors (Lipinski definition) is 6. The Morgan fingerprint density at radius 1 is 1.43 bits per heavy atom. The first kappa shape index (κ1) is 15.5. The Bertz CT molecular complexity index is 667. The summed E-state index contributed by atoms with van der Waals surface area (Å²) in [5.74, 6) is 0.556. The molecule has 1 aromatic carbocycles. The summed E-state index contributed by atoms with van der Waals surface area (Å²) in [6.45, 7) is 0.239. The zero-order chi connectivity index (χ0) is 15.2. The van der Waals surface area contributed by atoms with Gasteiger partial charge < -0.3 is 15.3 Å². The molecule has 2 aromatic rings. The fourth-order valence-electron chi connectivity index (χ4n) is 1.53. The fraction of sp³-hybridized carbons (Fsp3) is 0.154. The second-order valence-corrected chi connectivity index (χ2v) is 5.24. The fourth-order valence-corrected chi connectivity index (χ4v) is 2.11. The first-order valence-electron chi connectivity index (χ1n) is 5.85. The minimum Gasteiger partial charge on any atom is -0.472 e. The van der Waals surface area contributed by atoms with E-state index in [0.717, 1.165) is 10.0 Å². The van der Waals surface area contributed by atoms with Crippen LogP contribution in [0.4, 0.5) is 5.82 Å². The van der Waals surface area contributed by atoms with E-state index in [9.17, 15) is 0 Å². The lowest BCUT2D eigenvalue weighted by Crippen LogP contribution is -2.05. The number of nitrogens with two attached hydrogens (primary N) is 1. The zero-order valence-electron chi connectivity index (χ0n) is 11.1. The molecule has 0 saturated carbocycles. The molecule has 2 rings (SSSR count). The number of oxime groups is 1. The summed E-state index contributed by atoms with van der Waals surface area (Å²) >= 11 is 9.50. The van der Waals surface area contributed by atoms with Crippen molar-refractivity contribution in [1.29, 1.82) is 0 Å². The van der Waals surface area contributed by atoms with Crippen LogP contribution in [0.15, 0.2) is 34.2 Å². The molecular weight excluding hydrogens is 360 g/mol. The first-order valence-corrected chi connectivity index (χ1v) is 7.02. The number of nitrogen functional groups attached to an aromatic ring is 1. The van der Waals surface area contributed by atoms with Crippen LogP contribution in [0.25, 0.3) is 0 Å². The molecule has 0 bridgehead atoms. The molecule has 1 aromatic heterocycles. The minimum atomic E-state index is 0.239. The summed E-state index contributed by atoms with van der Waals surface area (Å²) in [5, 5.41) is 4.26. The lowest BCUT2D eigenvalue weighted by Gasteiger charge is -2.10. The molecule has 6 nitrogen and oxygen atoms in total. The normalized spacial score (nSPS) is 10.8. The van der Waals surface area contributed by atoms with Gasteiger partial charge in [0.1, 0.15) is 31.4 Å². The van der Waals surface area contributed by atoms with Gasteiger partial charge in [0.15, 0.2) is 0 Å². The van der Waals surface area contributed by atoms with Crippen molar-refractivity contribution in [3.8, 4) is 5.88 Å². The van der Waals surface area contributed by atoms with Crippen molar-refractivity contribution in [2.24, 2.45) is 5.16 Å². The van der Waals surface area contributed by atoms with Gasteiger partial charge in [-0.15, -0.1) is 0 Å². The highest BCUT2D eigenvalue weighted by atomic mass is 79.9. The highest BCUT2D eigenvalue weighted by molar-refractivity contribution is 9.10. The number of rotatable bonds is 5. The SMILES string of the molecule is CO/N=C/c1c(N)ncnc1OCc1cc(Br)ccc1Cl. The van der Waals surface area contributed by atoms with Crippen molar-refractivity contribution in [1.82, 2.24) is 9.97 Å². The molecule has 0 saturated heterocycles. The number of nitrogens with zero attached hydrogens (tertiary/aromatic N) is 3. The molecule has 21 heavy (non-hydrogen) atoms. The van der Waals surface area contributed by atoms with E-state index >= 15 is 0 Å². The van der Waals surface area contributed by atoms with Gasteiger partial charge in [-0.05, 0) is 18.2 Å². The van der Waals surface area contributed by atoms with Crippen molar-refractivity contribution in [3.05, 3.63) is 45.1 Å². The van der Waals surface area contributed by atoms with Gasteiger partial charge in [0.2, 0.25) is 5.88 Å². The second-order valence-electron chi connectivity index (χ2n) is 3.92. The number of anilines is 1. The van der Waals surface area contributed by atoms with Crippen LogP contribution in [0.2, 0.25) is 5.02 Å². The van der Waals surface area contributed by atoms with Gasteiger partial charge in [0.05, 0.1) is 6.21 Å². The third kappa shape index (κ3) is 4.05. The van der Waals surface area contributed by atoms with E-state index in [1.54, 1.807) is 6.07 Å².